The molecule has 2 rings (SSSR count). The predicted octanol–water partition coefficient (Wildman–Crippen LogP) is 2.93. The van der Waals surface area contributed by atoms with E-state index in [0.29, 0.717) is 16.9 Å². The Morgan fingerprint density at radius 2 is 2.11 bits per heavy atom. The quantitative estimate of drug-likeness (QED) is 0.870. The number of nitrogens with zero attached hydrogens (tertiary/aromatic N) is 2. The molecule has 0 aliphatic heterocycles. The van der Waals surface area contributed by atoms with Crippen molar-refractivity contribution in [3.05, 3.63) is 53.7 Å². The zero-order valence-corrected chi connectivity index (χ0v) is 11.1. The summed E-state index contributed by atoms with van der Waals surface area (Å²) in [4.78, 5) is 17.0. The van der Waals surface area contributed by atoms with Gasteiger partial charge in [-0.1, -0.05) is 12.1 Å². The van der Waals surface area contributed by atoms with Crippen LogP contribution in [-0.2, 0) is 0 Å². The van der Waals surface area contributed by atoms with Gasteiger partial charge in [-0.15, -0.1) is 11.8 Å². The van der Waals surface area contributed by atoms with Crippen LogP contribution in [0.25, 0.3) is 0 Å². The molecule has 0 saturated heterocycles. The molecule has 0 unspecified atom stereocenters. The zero-order valence-electron chi connectivity index (χ0n) is 10.3. The topological polar surface area (TPSA) is 65.8 Å². The van der Waals surface area contributed by atoms with Gasteiger partial charge in [-0.3, -0.25) is 4.79 Å². The molecule has 0 radical (unpaired) electrons. The number of nitriles is 1. The molecular weight excluding hydrogens is 258 g/mol. The molecule has 0 aliphatic carbocycles. The first-order chi connectivity index (χ1) is 9.24. The van der Waals surface area contributed by atoms with Gasteiger partial charge in [0.25, 0.3) is 5.91 Å². The van der Waals surface area contributed by atoms with Crippen molar-refractivity contribution in [2.75, 3.05) is 11.6 Å². The fourth-order valence-corrected chi connectivity index (χ4v) is 2.15. The van der Waals surface area contributed by atoms with Crippen LogP contribution in [0, 0.1) is 11.3 Å². The average Bonchev–Trinajstić information content (AvgIpc) is 2.48. The smallest absolute Gasteiger partial charge is 0.257 e. The van der Waals surface area contributed by atoms with Crippen LogP contribution in [0.5, 0.6) is 0 Å². The lowest BCUT2D eigenvalue weighted by atomic mass is 10.2. The predicted molar refractivity (Wildman–Crippen MR) is 75.1 cm³/mol. The van der Waals surface area contributed by atoms with E-state index >= 15 is 0 Å². The van der Waals surface area contributed by atoms with Gasteiger partial charge in [-0.05, 0) is 30.5 Å². The number of aromatic nitrogens is 1. The number of hydrogen-bond donors (Lipinski definition) is 1. The molecule has 4 nitrogen and oxygen atoms in total. The van der Waals surface area contributed by atoms with Crippen molar-refractivity contribution in [1.82, 2.24) is 4.98 Å². The third-order valence-electron chi connectivity index (χ3n) is 2.49. The van der Waals surface area contributed by atoms with Crippen molar-refractivity contribution in [3.8, 4) is 6.07 Å². The van der Waals surface area contributed by atoms with Crippen LogP contribution in [0.4, 0.5) is 5.82 Å². The first-order valence-electron chi connectivity index (χ1n) is 5.55. The summed E-state index contributed by atoms with van der Waals surface area (Å²) in [6.45, 7) is 0. The fourth-order valence-electron chi connectivity index (χ4n) is 1.55. The van der Waals surface area contributed by atoms with Gasteiger partial charge in [0.15, 0.2) is 0 Å². The molecule has 2 aromatic rings. The van der Waals surface area contributed by atoms with E-state index in [0.717, 1.165) is 4.90 Å². The Bertz CT molecular complexity index is 632. The molecule has 1 amide bonds. The molecule has 1 aromatic carbocycles. The molecule has 1 aromatic heterocycles. The zero-order chi connectivity index (χ0) is 13.7. The molecule has 5 heteroatoms. The highest BCUT2D eigenvalue weighted by atomic mass is 32.2. The number of benzene rings is 1. The Morgan fingerprint density at radius 3 is 2.74 bits per heavy atom. The second-order valence-corrected chi connectivity index (χ2v) is 4.55. The van der Waals surface area contributed by atoms with Gasteiger partial charge < -0.3 is 5.32 Å². The Balaban J connectivity index is 2.18. The number of thioether (sulfide) groups is 1. The second-order valence-electron chi connectivity index (χ2n) is 3.70. The van der Waals surface area contributed by atoms with E-state index in [1.807, 2.05) is 30.5 Å². The number of pyridine rings is 1. The molecule has 1 N–H and O–H groups in total. The van der Waals surface area contributed by atoms with Crippen LogP contribution in [0.2, 0.25) is 0 Å². The van der Waals surface area contributed by atoms with Gasteiger partial charge in [0.05, 0.1) is 11.1 Å². The molecule has 0 saturated carbocycles. The summed E-state index contributed by atoms with van der Waals surface area (Å²) in [6.07, 6.45) is 3.35. The molecule has 0 spiro atoms. The summed E-state index contributed by atoms with van der Waals surface area (Å²) in [5, 5.41) is 11.4. The molecule has 0 aliphatic rings. The SMILES string of the molecule is CSc1ccccc1C(=O)Nc1ccc(C#N)cn1. The number of hydrogen-bond acceptors (Lipinski definition) is 4. The second kappa shape index (κ2) is 6.03. The Labute approximate surface area is 115 Å². The van der Waals surface area contributed by atoms with Crippen LogP contribution in [0.1, 0.15) is 15.9 Å². The fraction of sp³-hybridized carbons (Fsp3) is 0.0714. The van der Waals surface area contributed by atoms with Crippen molar-refractivity contribution < 1.29 is 4.79 Å². The highest BCUT2D eigenvalue weighted by molar-refractivity contribution is 7.98. The summed E-state index contributed by atoms with van der Waals surface area (Å²) < 4.78 is 0. The van der Waals surface area contributed by atoms with E-state index in [9.17, 15) is 4.79 Å². The molecule has 0 bridgehead atoms. The van der Waals surface area contributed by atoms with Crippen molar-refractivity contribution in [2.24, 2.45) is 0 Å². The molecular formula is C14H11N3OS. The van der Waals surface area contributed by atoms with E-state index in [2.05, 4.69) is 10.3 Å². The summed E-state index contributed by atoms with van der Waals surface area (Å²) in [5.41, 5.74) is 1.07. The lowest BCUT2D eigenvalue weighted by Gasteiger charge is -2.07. The highest BCUT2D eigenvalue weighted by Gasteiger charge is 2.10. The van der Waals surface area contributed by atoms with Crippen LogP contribution in [0.3, 0.4) is 0 Å². The molecule has 0 atom stereocenters. The first kappa shape index (κ1) is 13.1. The summed E-state index contributed by atoms with van der Waals surface area (Å²) in [7, 11) is 0. The van der Waals surface area contributed by atoms with Crippen LogP contribution < -0.4 is 5.32 Å². The number of rotatable bonds is 3. The number of nitrogens with one attached hydrogen (secondary N) is 1. The van der Waals surface area contributed by atoms with Gasteiger partial charge in [-0.2, -0.15) is 5.26 Å². The normalized spacial score (nSPS) is 9.68. The van der Waals surface area contributed by atoms with E-state index in [4.69, 9.17) is 5.26 Å². The summed E-state index contributed by atoms with van der Waals surface area (Å²) in [5.74, 6) is 0.224. The van der Waals surface area contributed by atoms with Crippen LogP contribution >= 0.6 is 11.8 Å². The summed E-state index contributed by atoms with van der Waals surface area (Å²) in [6, 6.07) is 12.6. The van der Waals surface area contributed by atoms with Crippen molar-refractivity contribution in [2.45, 2.75) is 4.90 Å². The highest BCUT2D eigenvalue weighted by Crippen LogP contribution is 2.20. The largest absolute Gasteiger partial charge is 0.307 e. The minimum absolute atomic E-state index is 0.206. The Kier molecular flexibility index (Phi) is 4.16. The van der Waals surface area contributed by atoms with Gasteiger partial charge in [0.2, 0.25) is 0 Å². The van der Waals surface area contributed by atoms with Crippen LogP contribution in [-0.4, -0.2) is 17.1 Å². The number of amides is 1. The van der Waals surface area contributed by atoms with Gasteiger partial charge in [0.1, 0.15) is 11.9 Å². The minimum atomic E-state index is -0.206. The van der Waals surface area contributed by atoms with E-state index in [1.54, 1.807) is 18.2 Å². The maximum atomic E-state index is 12.1. The number of carbonyl (C=O) groups is 1. The lowest BCUT2D eigenvalue weighted by Crippen LogP contribution is -2.13. The van der Waals surface area contributed by atoms with E-state index in [1.165, 1.54) is 18.0 Å². The average molecular weight is 269 g/mol. The number of carbonyl (C=O) groups excluding carboxylic acids is 1. The van der Waals surface area contributed by atoms with Crippen LogP contribution in [0.15, 0.2) is 47.5 Å². The summed E-state index contributed by atoms with van der Waals surface area (Å²) >= 11 is 1.52. The maximum Gasteiger partial charge on any atom is 0.257 e. The van der Waals surface area contributed by atoms with Crippen molar-refractivity contribution >= 4 is 23.5 Å². The Morgan fingerprint density at radius 1 is 1.32 bits per heavy atom. The van der Waals surface area contributed by atoms with Gasteiger partial charge in [0, 0.05) is 11.1 Å². The third kappa shape index (κ3) is 3.12. The van der Waals surface area contributed by atoms with Gasteiger partial charge in [-0.25, -0.2) is 4.98 Å². The monoisotopic (exact) mass is 269 g/mol. The van der Waals surface area contributed by atoms with Crippen molar-refractivity contribution in [3.63, 3.8) is 0 Å². The standard InChI is InChI=1S/C14H11N3OS/c1-19-12-5-3-2-4-11(12)14(18)17-13-7-6-10(8-15)9-16-13/h2-7,9H,1H3,(H,16,17,18). The number of anilines is 1. The lowest BCUT2D eigenvalue weighted by molar-refractivity contribution is 0.102. The third-order valence-corrected chi connectivity index (χ3v) is 3.28. The van der Waals surface area contributed by atoms with Gasteiger partial charge >= 0.3 is 0 Å². The van der Waals surface area contributed by atoms with E-state index < -0.39 is 0 Å². The Hall–Kier alpha value is -2.32. The van der Waals surface area contributed by atoms with E-state index in [-0.39, 0.29) is 5.91 Å². The maximum absolute atomic E-state index is 12.1. The molecule has 94 valence electrons. The molecule has 19 heavy (non-hydrogen) atoms. The molecule has 0 fully saturated rings. The minimum Gasteiger partial charge on any atom is -0.307 e. The van der Waals surface area contributed by atoms with Crippen molar-refractivity contribution in [1.29, 1.82) is 5.26 Å². The first-order valence-corrected chi connectivity index (χ1v) is 6.77. The molecule has 1 heterocycles.